The van der Waals surface area contributed by atoms with Gasteiger partial charge in [-0.05, 0) is 61.6 Å². The number of aromatic nitrogens is 12. The minimum absolute atomic E-state index is 0. The summed E-state index contributed by atoms with van der Waals surface area (Å²) in [5, 5.41) is 9.22. The Kier molecular flexibility index (Phi) is 25.3. The van der Waals surface area contributed by atoms with Crippen molar-refractivity contribution in [2.24, 2.45) is 11.3 Å². The molecule has 0 aromatic carbocycles. The summed E-state index contributed by atoms with van der Waals surface area (Å²) in [6, 6.07) is 6.68. The summed E-state index contributed by atoms with van der Waals surface area (Å²) in [6.07, 6.45) is 2.34. The number of nitrogens with one attached hydrogen (secondary N) is 6. The molecule has 0 aliphatic carbocycles. The highest BCUT2D eigenvalue weighted by Crippen LogP contribution is 2.34. The Hall–Kier alpha value is -10.5. The smallest absolute Gasteiger partial charge is 0.345 e. The molecule has 9 aromatic rings. The molecule has 6 N–H and O–H groups in total. The number of carbonyl (C=O) groups is 6. The molecule has 0 spiro atoms. The molecule has 27 nitrogen and oxygen atoms in total. The number of hydrogen-bond acceptors (Lipinski definition) is 18. The van der Waals surface area contributed by atoms with Crippen molar-refractivity contribution in [1.82, 2.24) is 90.5 Å². The molecule has 12 heterocycles. The van der Waals surface area contributed by atoms with Gasteiger partial charge in [0, 0.05) is 153 Å². The molecule has 3 aliphatic rings. The van der Waals surface area contributed by atoms with E-state index in [2.05, 4.69) is 59.8 Å². The summed E-state index contributed by atoms with van der Waals surface area (Å²) in [6.45, 7) is 9.93. The van der Waals surface area contributed by atoms with Crippen molar-refractivity contribution in [2.75, 3.05) is 93.2 Å². The first-order valence-electron chi connectivity index (χ1n) is 34.0. The number of H-pyrrole nitrogens is 3. The summed E-state index contributed by atoms with van der Waals surface area (Å²) in [5.74, 6) is -1.02. The molecule has 0 saturated carbocycles. The zero-order chi connectivity index (χ0) is 79.0. The quantitative estimate of drug-likeness (QED) is 0.0387. The molecular weight excluding hydrogens is 1510 g/mol. The van der Waals surface area contributed by atoms with E-state index < -0.39 is 74.0 Å². The van der Waals surface area contributed by atoms with Crippen molar-refractivity contribution in [3.8, 4) is 34.2 Å². The van der Waals surface area contributed by atoms with Gasteiger partial charge in [-0.2, -0.15) is 39.5 Å². The molecule has 0 unspecified atom stereocenters. The van der Waals surface area contributed by atoms with Gasteiger partial charge in [0.15, 0.2) is 17.5 Å². The molecule has 6 amide bonds. The molecule has 0 radical (unpaired) electrons. The average molecular weight is 1590 g/mol. The zero-order valence-electron chi connectivity index (χ0n) is 59.6. The maximum absolute atomic E-state index is 12.9. The first-order chi connectivity index (χ1) is 51.3. The van der Waals surface area contributed by atoms with Gasteiger partial charge < -0.3 is 60.3 Å². The summed E-state index contributed by atoms with van der Waals surface area (Å²) >= 11 is 18.3. The third-order valence-electron chi connectivity index (χ3n) is 17.2. The van der Waals surface area contributed by atoms with E-state index >= 15 is 0 Å². The van der Waals surface area contributed by atoms with Crippen LogP contribution in [0.25, 0.3) is 67.3 Å². The molecule has 0 bridgehead atoms. The summed E-state index contributed by atoms with van der Waals surface area (Å²) in [7, 11) is 0. The topological polar surface area (TPSA) is 321 Å². The Bertz CT molecular complexity index is 4860. The van der Waals surface area contributed by atoms with Gasteiger partial charge in [0.2, 0.25) is 35.4 Å². The first-order valence-corrected chi connectivity index (χ1v) is 35.2. The Morgan fingerprint density at radius 2 is 0.826 bits per heavy atom. The third kappa shape index (κ3) is 21.5. The maximum atomic E-state index is 12.9. The van der Waals surface area contributed by atoms with E-state index in [1.165, 1.54) is 58.0 Å². The standard InChI is InChI=1S/C24H27ClF3N7O2.C23H25ClF3N7O2.C23H23ClF3N7O2.4H2/c1-23(2,3)9-19(36)34-6-7-35(17(12-34)22(37)32-13-24(26,27)28)18-4-5-29-21(33-18)16-11-31-20-15(16)8-14(25)10-30-20;2*1-13(2)7-19(35)33-5-6-34(17(11-33)22(36)31-12-23(25,26)27)18-3-4-28-21(32-18)16-10-30-20-15(16)8-14(24)9-29-20;;;;/h4-5,8,10-11,17H,6-7,9,12-13H2,1-3H3,(H,30,31)(H,32,37);3-4,8-10,13,17H,5-7,11-12H2,1-2H3,(H,29,30)(H,31,36);3-4,7-10,17H,5-6,11-12H2,1-2H3,(H,29,30)(H,31,36);4*1H/t3*17-;;;;/m111..../s1. The van der Waals surface area contributed by atoms with Gasteiger partial charge in [-0.3, -0.25) is 28.8 Å². The number of rotatable bonds is 16. The number of carbonyl (C=O) groups excluding carboxylic acids is 6. The molecule has 39 heteroatoms. The van der Waals surface area contributed by atoms with Crippen molar-refractivity contribution in [2.45, 2.75) is 98.0 Å². The fourth-order valence-electron chi connectivity index (χ4n) is 12.2. The van der Waals surface area contributed by atoms with Crippen LogP contribution in [0.2, 0.25) is 15.1 Å². The fourth-order valence-corrected chi connectivity index (χ4v) is 12.7. The van der Waals surface area contributed by atoms with Crippen LogP contribution >= 0.6 is 34.8 Å². The van der Waals surface area contributed by atoms with Crippen molar-refractivity contribution in [3.63, 3.8) is 0 Å². The first kappa shape index (κ1) is 81.0. The highest BCUT2D eigenvalue weighted by Gasteiger charge is 2.42. The molecule has 12 rings (SSSR count). The molecule has 588 valence electrons. The lowest BCUT2D eigenvalue weighted by molar-refractivity contribution is -0.141. The fraction of sp³-hybridized carbons (Fsp3) is 0.414. The Morgan fingerprint density at radius 1 is 0.505 bits per heavy atom. The van der Waals surface area contributed by atoms with Gasteiger partial charge in [0.05, 0.1) is 34.7 Å². The minimum Gasteiger partial charge on any atom is -0.345 e. The Labute approximate surface area is 638 Å². The van der Waals surface area contributed by atoms with Gasteiger partial charge in [-0.15, -0.1) is 0 Å². The number of halogens is 12. The van der Waals surface area contributed by atoms with Gasteiger partial charge in [0.25, 0.3) is 0 Å². The number of anilines is 3. The van der Waals surface area contributed by atoms with Crippen LogP contribution in [-0.4, -0.2) is 225 Å². The van der Waals surface area contributed by atoms with E-state index in [0.717, 1.165) is 5.57 Å². The minimum atomic E-state index is -4.57. The number of pyridine rings is 3. The van der Waals surface area contributed by atoms with E-state index in [0.29, 0.717) is 113 Å². The Balaban J connectivity index is 0.000000259. The van der Waals surface area contributed by atoms with Crippen LogP contribution in [0, 0.1) is 11.3 Å². The number of fused-ring (bicyclic) bond motifs is 3. The van der Waals surface area contributed by atoms with Crippen LogP contribution in [0.3, 0.4) is 0 Å². The summed E-state index contributed by atoms with van der Waals surface area (Å²) in [5.41, 5.74) is 4.13. The van der Waals surface area contributed by atoms with E-state index in [1.807, 2.05) is 50.6 Å². The van der Waals surface area contributed by atoms with E-state index in [1.54, 1.807) is 83.5 Å². The number of allylic oxidation sites excluding steroid dienone is 1. The third-order valence-corrected chi connectivity index (χ3v) is 17.8. The second-order valence-corrected chi connectivity index (χ2v) is 28.9. The number of piperazine rings is 3. The molecule has 9 aromatic heterocycles. The van der Waals surface area contributed by atoms with Crippen LogP contribution in [0.4, 0.5) is 57.0 Å². The Morgan fingerprint density at radius 3 is 1.14 bits per heavy atom. The van der Waals surface area contributed by atoms with Gasteiger partial charge >= 0.3 is 18.5 Å². The van der Waals surface area contributed by atoms with Crippen LogP contribution in [0.1, 0.15) is 67.0 Å². The lowest BCUT2D eigenvalue weighted by Gasteiger charge is -2.41. The molecule has 3 saturated heterocycles. The number of nitrogens with zero attached hydrogens (tertiary/aromatic N) is 15. The number of amides is 6. The molecule has 109 heavy (non-hydrogen) atoms. The molecular formula is C70H83Cl3F9N21O6. The summed E-state index contributed by atoms with van der Waals surface area (Å²) < 4.78 is 115. The van der Waals surface area contributed by atoms with E-state index in [4.69, 9.17) is 34.8 Å². The summed E-state index contributed by atoms with van der Waals surface area (Å²) in [4.78, 5) is 135. The maximum Gasteiger partial charge on any atom is 0.405 e. The van der Waals surface area contributed by atoms with Gasteiger partial charge in [-0.25, -0.2) is 44.9 Å². The number of hydrogen-bond donors (Lipinski definition) is 6. The largest absolute Gasteiger partial charge is 0.405 e. The lowest BCUT2D eigenvalue weighted by Crippen LogP contribution is -2.61. The van der Waals surface area contributed by atoms with Crippen LogP contribution in [0.5, 0.6) is 0 Å². The van der Waals surface area contributed by atoms with Crippen LogP contribution in [-0.2, 0) is 28.8 Å². The molecule has 3 aliphatic heterocycles. The zero-order valence-corrected chi connectivity index (χ0v) is 61.9. The van der Waals surface area contributed by atoms with Gasteiger partial charge in [0.1, 0.15) is 72.2 Å². The van der Waals surface area contributed by atoms with Crippen LogP contribution in [0.15, 0.2) is 104 Å². The highest BCUT2D eigenvalue weighted by atomic mass is 35.5. The predicted molar refractivity (Wildman–Crippen MR) is 398 cm³/mol. The molecule has 3 fully saturated rings. The lowest BCUT2D eigenvalue weighted by atomic mass is 9.91. The van der Waals surface area contributed by atoms with Crippen molar-refractivity contribution < 1.29 is 74.0 Å². The number of aromatic amines is 3. The molecule has 3 atom stereocenters. The second kappa shape index (κ2) is 34.0. The normalized spacial score (nSPS) is 16.5. The second-order valence-electron chi connectivity index (χ2n) is 27.6. The van der Waals surface area contributed by atoms with Crippen molar-refractivity contribution in [3.05, 3.63) is 119 Å². The van der Waals surface area contributed by atoms with Crippen molar-refractivity contribution in [1.29, 1.82) is 0 Å². The highest BCUT2D eigenvalue weighted by molar-refractivity contribution is 6.32. The monoisotopic (exact) mass is 1590 g/mol. The van der Waals surface area contributed by atoms with E-state index in [-0.39, 0.29) is 93.4 Å². The van der Waals surface area contributed by atoms with Crippen LogP contribution < -0.4 is 30.7 Å². The van der Waals surface area contributed by atoms with Gasteiger partial charge in [-0.1, -0.05) is 75.0 Å². The van der Waals surface area contributed by atoms with E-state index in [9.17, 15) is 68.3 Å². The SMILES string of the molecule is CC(C)(C)CC(=O)N1CCN(c2ccnc(-c3c[nH]c4ncc(Cl)cc34)n2)[C@@H](C(=O)NCC(F)(F)F)C1.CC(C)=CC(=O)N1CCN(c2ccnc(-c3c[nH]c4ncc(Cl)cc34)n2)[C@@H](C(=O)NCC(F)(F)F)C1.CC(C)CC(=O)N1CCN(c2ccnc(-c3c[nH]c4ncc(Cl)cc34)n2)[C@@H](C(=O)NCC(F)(F)F)C1.[HH].[HH].[HH].[HH]. The number of alkyl halides is 9. The average Bonchev–Trinajstić information content (AvgIpc) is 1.23. The predicted octanol–water partition coefficient (Wildman–Crippen LogP) is 11.5. The van der Waals surface area contributed by atoms with Crippen molar-refractivity contribution >= 4 is 121 Å².